The molecule has 0 unspecified atom stereocenters. The van der Waals surface area contributed by atoms with Gasteiger partial charge in [0, 0.05) is 13.0 Å². The Hall–Kier alpha value is -0.930. The molecule has 0 saturated heterocycles. The van der Waals surface area contributed by atoms with Crippen LogP contribution in [0.4, 0.5) is 0 Å². The quantitative estimate of drug-likeness (QED) is 0.0650. The highest BCUT2D eigenvalue weighted by atomic mass is 16.6. The first-order valence-corrected chi connectivity index (χ1v) is 18.0. The predicted octanol–water partition coefficient (Wildman–Crippen LogP) is 1.23. The Morgan fingerprint density at radius 2 is 0.380 bits per heavy atom. The van der Waals surface area contributed by atoms with Gasteiger partial charge in [0.15, 0.2) is 0 Å². The van der Waals surface area contributed by atoms with Crippen LogP contribution in [0, 0.1) is 0 Å². The third kappa shape index (κ3) is 47.1. The van der Waals surface area contributed by atoms with Crippen molar-refractivity contribution in [2.24, 2.45) is 0 Å². The van der Waals surface area contributed by atoms with Gasteiger partial charge in [0.05, 0.1) is 192 Å². The van der Waals surface area contributed by atoms with Gasteiger partial charge in [-0.3, -0.25) is 0 Å². The van der Waals surface area contributed by atoms with Crippen molar-refractivity contribution in [2.75, 3.05) is 198 Å². The second-order valence-electron chi connectivity index (χ2n) is 10.1. The number of hydrogen-bond donors (Lipinski definition) is 0. The molecular formula is C34H68O16. The van der Waals surface area contributed by atoms with Crippen LogP contribution in [0.1, 0.15) is 19.8 Å². The van der Waals surface area contributed by atoms with Crippen molar-refractivity contribution >= 4 is 6.29 Å². The fraction of sp³-hybridized carbons (Fsp3) is 0.971. The zero-order chi connectivity index (χ0) is 35.9. The van der Waals surface area contributed by atoms with Crippen molar-refractivity contribution in [3.05, 3.63) is 0 Å². The maximum Gasteiger partial charge on any atom is 0.122 e. The zero-order valence-corrected chi connectivity index (χ0v) is 30.7. The Morgan fingerprint density at radius 1 is 0.240 bits per heavy atom. The number of carbonyl (C=O) groups is 1. The Labute approximate surface area is 300 Å². The van der Waals surface area contributed by atoms with E-state index in [1.807, 2.05) is 0 Å². The largest absolute Gasteiger partial charge is 0.379 e. The van der Waals surface area contributed by atoms with E-state index in [-0.39, 0.29) is 0 Å². The van der Waals surface area contributed by atoms with Crippen LogP contribution in [-0.4, -0.2) is 204 Å². The zero-order valence-electron chi connectivity index (χ0n) is 30.7. The summed E-state index contributed by atoms with van der Waals surface area (Å²) in [6.07, 6.45) is 2.27. The first kappa shape index (κ1) is 49.1. The molecule has 50 heavy (non-hydrogen) atoms. The number of rotatable bonds is 47. The molecule has 0 spiro atoms. The minimum Gasteiger partial charge on any atom is -0.379 e. The fourth-order valence-corrected chi connectivity index (χ4v) is 3.46. The van der Waals surface area contributed by atoms with Crippen LogP contribution in [0.15, 0.2) is 0 Å². The number of carbonyl (C=O) groups excluding carboxylic acids is 1. The molecule has 0 fully saturated rings. The lowest BCUT2D eigenvalue weighted by molar-refractivity contribution is -0.109. The van der Waals surface area contributed by atoms with Crippen LogP contribution in [0.5, 0.6) is 0 Å². The summed E-state index contributed by atoms with van der Waals surface area (Å²) in [5.74, 6) is 0. The van der Waals surface area contributed by atoms with E-state index in [4.69, 9.17) is 71.1 Å². The third-order valence-electron chi connectivity index (χ3n) is 5.94. The smallest absolute Gasteiger partial charge is 0.122 e. The number of aldehydes is 1. The first-order chi connectivity index (χ1) is 24.9. The predicted molar refractivity (Wildman–Crippen MR) is 183 cm³/mol. The summed E-state index contributed by atoms with van der Waals surface area (Å²) in [6.45, 7) is 17.7. The van der Waals surface area contributed by atoms with Crippen molar-refractivity contribution < 1.29 is 75.8 Å². The summed E-state index contributed by atoms with van der Waals surface area (Å²) in [4.78, 5) is 10.1. The molecule has 0 amide bonds. The molecule has 300 valence electrons. The van der Waals surface area contributed by atoms with Crippen molar-refractivity contribution in [3.8, 4) is 0 Å². The maximum absolute atomic E-state index is 10.1. The topological polar surface area (TPSA) is 156 Å². The molecule has 0 N–H and O–H groups in total. The Balaban J connectivity index is 3.04. The molecule has 0 aliphatic heterocycles. The molecule has 0 aliphatic rings. The molecule has 0 aromatic heterocycles. The molecule has 0 rings (SSSR count). The van der Waals surface area contributed by atoms with Gasteiger partial charge in [-0.2, -0.15) is 0 Å². The fourth-order valence-electron chi connectivity index (χ4n) is 3.46. The highest BCUT2D eigenvalue weighted by Gasteiger charge is 1.97. The van der Waals surface area contributed by atoms with Crippen LogP contribution in [0.3, 0.4) is 0 Å². The van der Waals surface area contributed by atoms with Gasteiger partial charge in [0.25, 0.3) is 0 Å². The molecule has 0 saturated carbocycles. The number of ether oxygens (including phenoxy) is 15. The van der Waals surface area contributed by atoms with Gasteiger partial charge in [0.2, 0.25) is 0 Å². The molecule has 0 atom stereocenters. The third-order valence-corrected chi connectivity index (χ3v) is 5.94. The average Bonchev–Trinajstić information content (AvgIpc) is 3.13. The van der Waals surface area contributed by atoms with Gasteiger partial charge in [-0.25, -0.2) is 0 Å². The Kier molecular flexibility index (Phi) is 47.2. The lowest BCUT2D eigenvalue weighted by Gasteiger charge is -2.09. The minimum absolute atomic E-state index is 0.412. The summed E-state index contributed by atoms with van der Waals surface area (Å²) in [7, 11) is 0. The van der Waals surface area contributed by atoms with E-state index in [0.717, 1.165) is 19.3 Å². The van der Waals surface area contributed by atoms with Crippen LogP contribution >= 0.6 is 0 Å². The molecule has 0 aromatic rings. The van der Waals surface area contributed by atoms with E-state index in [2.05, 4.69) is 6.92 Å². The summed E-state index contributed by atoms with van der Waals surface area (Å²) >= 11 is 0. The van der Waals surface area contributed by atoms with E-state index in [1.54, 1.807) is 0 Å². The van der Waals surface area contributed by atoms with Crippen molar-refractivity contribution in [3.63, 3.8) is 0 Å². The summed E-state index contributed by atoms with van der Waals surface area (Å²) < 4.78 is 81.4. The van der Waals surface area contributed by atoms with Crippen LogP contribution < -0.4 is 0 Å². The highest BCUT2D eigenvalue weighted by molar-refractivity contribution is 5.49. The van der Waals surface area contributed by atoms with E-state index in [9.17, 15) is 4.79 Å². The summed E-state index contributed by atoms with van der Waals surface area (Å²) in [6, 6.07) is 0. The normalized spacial score (nSPS) is 11.5. The van der Waals surface area contributed by atoms with Gasteiger partial charge < -0.3 is 75.8 Å². The van der Waals surface area contributed by atoms with Crippen LogP contribution in [-0.2, 0) is 75.8 Å². The summed E-state index contributed by atoms with van der Waals surface area (Å²) in [5.41, 5.74) is 0. The molecular weight excluding hydrogens is 664 g/mol. The molecule has 0 radical (unpaired) electrons. The minimum atomic E-state index is 0.412. The summed E-state index contributed by atoms with van der Waals surface area (Å²) in [5, 5.41) is 0. The number of hydrogen-bond acceptors (Lipinski definition) is 16. The van der Waals surface area contributed by atoms with Gasteiger partial charge >= 0.3 is 0 Å². The lowest BCUT2D eigenvalue weighted by atomic mass is 10.5. The van der Waals surface area contributed by atoms with Crippen molar-refractivity contribution in [1.29, 1.82) is 0 Å². The van der Waals surface area contributed by atoms with Gasteiger partial charge in [0.1, 0.15) is 6.29 Å². The standard InChI is InChI=1S/C34H68O16/c1-2-5-36-7-9-38-11-13-40-15-17-42-19-21-44-23-25-46-27-29-48-31-33-50-34-32-49-30-28-47-26-24-45-22-20-43-18-16-41-14-12-39-10-8-37-6-3-4-35/h4H,2-3,5-34H2,1H3. The van der Waals surface area contributed by atoms with E-state index >= 15 is 0 Å². The Bertz CT molecular complexity index is 608. The SMILES string of the molecule is CCCOCCOCCOCCOCCOCCOCCOCCOCCOCCOCCOCCOCCOCCOCCOCCC=O. The second kappa shape index (κ2) is 48.1. The van der Waals surface area contributed by atoms with Gasteiger partial charge in [-0.15, -0.1) is 0 Å². The van der Waals surface area contributed by atoms with Gasteiger partial charge in [-0.05, 0) is 6.42 Å². The Morgan fingerprint density at radius 3 is 0.520 bits per heavy atom. The molecule has 0 heterocycles. The van der Waals surface area contributed by atoms with E-state index in [1.165, 1.54) is 0 Å². The second-order valence-corrected chi connectivity index (χ2v) is 10.1. The molecule has 0 aromatic carbocycles. The van der Waals surface area contributed by atoms with E-state index < -0.39 is 0 Å². The lowest BCUT2D eigenvalue weighted by Crippen LogP contribution is -2.15. The van der Waals surface area contributed by atoms with E-state index in [0.29, 0.717) is 198 Å². The average molecular weight is 733 g/mol. The van der Waals surface area contributed by atoms with Crippen molar-refractivity contribution in [2.45, 2.75) is 19.8 Å². The van der Waals surface area contributed by atoms with Crippen LogP contribution in [0.2, 0.25) is 0 Å². The molecule has 0 aliphatic carbocycles. The van der Waals surface area contributed by atoms with Crippen molar-refractivity contribution in [1.82, 2.24) is 0 Å². The molecule has 0 bridgehead atoms. The maximum atomic E-state index is 10.1. The monoisotopic (exact) mass is 732 g/mol. The first-order valence-electron chi connectivity index (χ1n) is 18.0. The molecule has 16 nitrogen and oxygen atoms in total. The molecule has 16 heteroatoms. The van der Waals surface area contributed by atoms with Gasteiger partial charge in [-0.1, -0.05) is 6.92 Å². The van der Waals surface area contributed by atoms with Crippen LogP contribution in [0.25, 0.3) is 0 Å². The highest BCUT2D eigenvalue weighted by Crippen LogP contribution is 1.88.